The van der Waals surface area contributed by atoms with E-state index >= 15 is 0 Å². The van der Waals surface area contributed by atoms with Crippen LogP contribution in [0.4, 0.5) is 0 Å². The Kier molecular flexibility index (Phi) is 6.34. The van der Waals surface area contributed by atoms with E-state index in [0.717, 1.165) is 51.8 Å². The van der Waals surface area contributed by atoms with Crippen LogP contribution in [0.5, 0.6) is 0 Å². The monoisotopic (exact) mass is 385 g/mol. The Morgan fingerprint density at radius 1 is 1.07 bits per heavy atom. The van der Waals surface area contributed by atoms with Crippen LogP contribution in [-0.4, -0.2) is 85.2 Å². The molecule has 0 radical (unpaired) electrons. The number of ether oxygens (including phenoxy) is 1. The molecular weight excluding hydrogens is 350 g/mol. The highest BCUT2D eigenvalue weighted by atomic mass is 16.5. The largest absolute Gasteiger partial charge is 0.375 e. The van der Waals surface area contributed by atoms with Crippen molar-refractivity contribution < 1.29 is 9.53 Å². The van der Waals surface area contributed by atoms with Crippen molar-refractivity contribution >= 4 is 5.91 Å². The molecule has 3 fully saturated rings. The highest BCUT2D eigenvalue weighted by Crippen LogP contribution is 2.37. The number of likely N-dealkylation sites (N-methyl/N-ethyl adjacent to an activating group) is 1. The van der Waals surface area contributed by atoms with Crippen molar-refractivity contribution in [3.63, 3.8) is 0 Å². The molecule has 4 rings (SSSR count). The molecule has 1 atom stereocenters. The van der Waals surface area contributed by atoms with Gasteiger partial charge < -0.3 is 14.5 Å². The second-order valence-corrected chi connectivity index (χ2v) is 8.88. The second-order valence-electron chi connectivity index (χ2n) is 8.88. The number of benzene rings is 1. The lowest BCUT2D eigenvalue weighted by molar-refractivity contribution is -0.150. The van der Waals surface area contributed by atoms with Crippen LogP contribution in [-0.2, 0) is 16.0 Å². The van der Waals surface area contributed by atoms with Crippen LogP contribution in [0.2, 0.25) is 0 Å². The van der Waals surface area contributed by atoms with E-state index in [1.54, 1.807) is 0 Å². The van der Waals surface area contributed by atoms with Gasteiger partial charge in [0.2, 0.25) is 5.91 Å². The van der Waals surface area contributed by atoms with E-state index in [4.69, 9.17) is 4.74 Å². The number of hydrogen-bond acceptors (Lipinski definition) is 4. The quantitative estimate of drug-likeness (QED) is 0.798. The first-order chi connectivity index (χ1) is 13.6. The van der Waals surface area contributed by atoms with Crippen molar-refractivity contribution in [3.8, 4) is 0 Å². The minimum atomic E-state index is 0.00246. The fourth-order valence-corrected chi connectivity index (χ4v) is 5.07. The first-order valence-corrected chi connectivity index (χ1v) is 11.0. The number of carbonyl (C=O) groups is 1. The summed E-state index contributed by atoms with van der Waals surface area (Å²) in [6, 6.07) is 11.0. The number of carbonyl (C=O) groups excluding carboxylic acids is 1. The molecule has 3 heterocycles. The summed E-state index contributed by atoms with van der Waals surface area (Å²) < 4.78 is 6.33. The predicted octanol–water partition coefficient (Wildman–Crippen LogP) is 2.41. The number of piperazine rings is 1. The van der Waals surface area contributed by atoms with Gasteiger partial charge in [0, 0.05) is 58.3 Å². The van der Waals surface area contributed by atoms with Crippen LogP contribution < -0.4 is 0 Å². The molecule has 0 N–H and O–H groups in total. The minimum absolute atomic E-state index is 0.00246. The van der Waals surface area contributed by atoms with Gasteiger partial charge in [-0.2, -0.15) is 0 Å². The second kappa shape index (κ2) is 8.93. The van der Waals surface area contributed by atoms with Gasteiger partial charge in [0.05, 0.1) is 5.60 Å². The molecule has 0 aliphatic carbocycles. The lowest BCUT2D eigenvalue weighted by atomic mass is 9.81. The molecule has 5 heteroatoms. The van der Waals surface area contributed by atoms with Gasteiger partial charge in [-0.3, -0.25) is 9.69 Å². The summed E-state index contributed by atoms with van der Waals surface area (Å²) in [5.41, 5.74) is 1.25. The summed E-state index contributed by atoms with van der Waals surface area (Å²) in [6.45, 7) is 7.29. The average molecular weight is 386 g/mol. The number of aryl methyl sites for hydroxylation is 1. The third kappa shape index (κ3) is 4.76. The number of amides is 1. The Labute approximate surface area is 169 Å². The van der Waals surface area contributed by atoms with E-state index in [2.05, 4.69) is 33.9 Å². The SMILES string of the molecule is CN1CCN(C2CCOC3(CCN(C(=O)CCc4ccccc4)CC3)C2)CC1. The topological polar surface area (TPSA) is 36.0 Å². The zero-order valence-electron chi connectivity index (χ0n) is 17.3. The van der Waals surface area contributed by atoms with Crippen molar-refractivity contribution in [1.29, 1.82) is 0 Å². The Morgan fingerprint density at radius 3 is 2.50 bits per heavy atom. The van der Waals surface area contributed by atoms with Gasteiger partial charge in [0.25, 0.3) is 0 Å². The molecule has 0 saturated carbocycles. The summed E-state index contributed by atoms with van der Waals surface area (Å²) in [6.07, 6.45) is 5.74. The van der Waals surface area contributed by atoms with E-state index in [1.807, 2.05) is 18.2 Å². The fraction of sp³-hybridized carbons (Fsp3) is 0.696. The van der Waals surface area contributed by atoms with Gasteiger partial charge in [-0.25, -0.2) is 0 Å². The van der Waals surface area contributed by atoms with Crippen molar-refractivity contribution in [1.82, 2.24) is 14.7 Å². The Morgan fingerprint density at radius 2 is 1.79 bits per heavy atom. The van der Waals surface area contributed by atoms with Crippen LogP contribution in [0.25, 0.3) is 0 Å². The number of hydrogen-bond donors (Lipinski definition) is 0. The molecule has 1 unspecified atom stereocenters. The zero-order valence-corrected chi connectivity index (χ0v) is 17.3. The summed E-state index contributed by atoms with van der Waals surface area (Å²) in [7, 11) is 2.22. The molecule has 3 aliphatic rings. The zero-order chi connectivity index (χ0) is 19.4. The molecule has 3 saturated heterocycles. The Balaban J connectivity index is 1.26. The maximum absolute atomic E-state index is 12.7. The molecule has 0 bridgehead atoms. The maximum atomic E-state index is 12.7. The lowest BCUT2D eigenvalue weighted by Crippen LogP contribution is -2.57. The Bertz CT molecular complexity index is 635. The molecule has 5 nitrogen and oxygen atoms in total. The van der Waals surface area contributed by atoms with Gasteiger partial charge >= 0.3 is 0 Å². The van der Waals surface area contributed by atoms with E-state index in [9.17, 15) is 4.79 Å². The maximum Gasteiger partial charge on any atom is 0.222 e. The minimum Gasteiger partial charge on any atom is -0.375 e. The molecular formula is C23H35N3O2. The first-order valence-electron chi connectivity index (χ1n) is 11.0. The predicted molar refractivity (Wildman–Crippen MR) is 111 cm³/mol. The molecule has 0 aromatic heterocycles. The average Bonchev–Trinajstić information content (AvgIpc) is 2.74. The molecule has 1 spiro atoms. The van der Waals surface area contributed by atoms with Gasteiger partial charge in [0.15, 0.2) is 0 Å². The third-order valence-corrected chi connectivity index (χ3v) is 7.02. The number of piperidine rings is 1. The normalized spacial score (nSPS) is 26.5. The molecule has 1 aromatic carbocycles. The Hall–Kier alpha value is -1.43. The highest BCUT2D eigenvalue weighted by molar-refractivity contribution is 5.76. The standard InChI is InChI=1S/C23H35N3O2/c1-24-14-16-25(17-15-24)21-9-18-28-23(19-21)10-12-26(13-11-23)22(27)8-7-20-5-3-2-4-6-20/h2-6,21H,7-19H2,1H3. The molecule has 1 aromatic rings. The third-order valence-electron chi connectivity index (χ3n) is 7.02. The van der Waals surface area contributed by atoms with E-state index in [-0.39, 0.29) is 5.60 Å². The van der Waals surface area contributed by atoms with Crippen LogP contribution in [0.1, 0.15) is 37.7 Å². The van der Waals surface area contributed by atoms with Crippen molar-refractivity contribution in [3.05, 3.63) is 35.9 Å². The highest BCUT2D eigenvalue weighted by Gasteiger charge is 2.42. The van der Waals surface area contributed by atoms with Crippen LogP contribution in [0.15, 0.2) is 30.3 Å². The van der Waals surface area contributed by atoms with Crippen LogP contribution >= 0.6 is 0 Å². The fourth-order valence-electron chi connectivity index (χ4n) is 5.07. The van der Waals surface area contributed by atoms with Gasteiger partial charge in [0.1, 0.15) is 0 Å². The van der Waals surface area contributed by atoms with Gasteiger partial charge in [-0.1, -0.05) is 30.3 Å². The summed E-state index contributed by atoms with van der Waals surface area (Å²) in [5, 5.41) is 0. The molecule has 3 aliphatic heterocycles. The van der Waals surface area contributed by atoms with Gasteiger partial charge in [-0.15, -0.1) is 0 Å². The van der Waals surface area contributed by atoms with Crippen LogP contribution in [0.3, 0.4) is 0 Å². The van der Waals surface area contributed by atoms with E-state index < -0.39 is 0 Å². The van der Waals surface area contributed by atoms with Crippen LogP contribution in [0, 0.1) is 0 Å². The smallest absolute Gasteiger partial charge is 0.222 e. The number of rotatable bonds is 4. The summed E-state index contributed by atoms with van der Waals surface area (Å²) >= 11 is 0. The molecule has 1 amide bonds. The first kappa shape index (κ1) is 19.9. The lowest BCUT2D eigenvalue weighted by Gasteiger charge is -2.49. The van der Waals surface area contributed by atoms with Crippen molar-refractivity contribution in [2.24, 2.45) is 0 Å². The molecule has 154 valence electrons. The van der Waals surface area contributed by atoms with Crippen molar-refractivity contribution in [2.75, 3.05) is 52.9 Å². The number of likely N-dealkylation sites (tertiary alicyclic amines) is 1. The van der Waals surface area contributed by atoms with E-state index in [1.165, 1.54) is 31.7 Å². The molecule has 28 heavy (non-hydrogen) atoms. The van der Waals surface area contributed by atoms with Crippen molar-refractivity contribution in [2.45, 2.75) is 50.2 Å². The summed E-state index contributed by atoms with van der Waals surface area (Å²) in [5.74, 6) is 0.296. The summed E-state index contributed by atoms with van der Waals surface area (Å²) in [4.78, 5) is 19.8. The van der Waals surface area contributed by atoms with Gasteiger partial charge in [-0.05, 0) is 44.7 Å². The van der Waals surface area contributed by atoms with E-state index in [0.29, 0.717) is 18.4 Å². The number of nitrogens with zero attached hydrogens (tertiary/aromatic N) is 3.